The fourth-order valence-corrected chi connectivity index (χ4v) is 1.66. The smallest absolute Gasteiger partial charge is 0.430 e. The standard InChI is InChI=1S/C14H14F3NO2/c1-13(19,14(15,16)17)18-8-10-3-2-4-11(7-10)12-5-6-20-9-12/h2-7,9,18-19H,8H2,1H3. The SMILES string of the molecule is CC(O)(NCc1cccc(-c2ccoc2)c1)C(F)(F)F. The molecule has 0 spiro atoms. The summed E-state index contributed by atoms with van der Waals surface area (Å²) in [4.78, 5) is 0. The Morgan fingerprint density at radius 1 is 1.20 bits per heavy atom. The zero-order valence-electron chi connectivity index (χ0n) is 10.7. The van der Waals surface area contributed by atoms with Crippen molar-refractivity contribution in [2.75, 3.05) is 0 Å². The first-order chi connectivity index (χ1) is 9.29. The van der Waals surface area contributed by atoms with Gasteiger partial charge in [0.1, 0.15) is 0 Å². The van der Waals surface area contributed by atoms with E-state index in [0.717, 1.165) is 11.1 Å². The molecule has 2 N–H and O–H groups in total. The van der Waals surface area contributed by atoms with Gasteiger partial charge < -0.3 is 9.52 Å². The number of hydrogen-bond acceptors (Lipinski definition) is 3. The minimum absolute atomic E-state index is 0.0990. The minimum atomic E-state index is -4.73. The zero-order chi connectivity index (χ0) is 14.8. The van der Waals surface area contributed by atoms with Crippen molar-refractivity contribution in [3.05, 3.63) is 48.4 Å². The van der Waals surface area contributed by atoms with Crippen molar-refractivity contribution < 1.29 is 22.7 Å². The first-order valence-corrected chi connectivity index (χ1v) is 5.95. The van der Waals surface area contributed by atoms with Crippen LogP contribution in [0.25, 0.3) is 11.1 Å². The molecule has 108 valence electrons. The Balaban J connectivity index is 2.10. The van der Waals surface area contributed by atoms with Crippen molar-refractivity contribution in [2.24, 2.45) is 0 Å². The molecule has 1 atom stereocenters. The van der Waals surface area contributed by atoms with Gasteiger partial charge >= 0.3 is 6.18 Å². The highest BCUT2D eigenvalue weighted by molar-refractivity contribution is 5.62. The van der Waals surface area contributed by atoms with Crippen LogP contribution in [0, 0.1) is 0 Å². The molecule has 20 heavy (non-hydrogen) atoms. The van der Waals surface area contributed by atoms with Crippen molar-refractivity contribution >= 4 is 0 Å². The van der Waals surface area contributed by atoms with E-state index in [9.17, 15) is 18.3 Å². The lowest BCUT2D eigenvalue weighted by molar-refractivity contribution is -0.265. The van der Waals surface area contributed by atoms with Crippen LogP contribution in [0.5, 0.6) is 0 Å². The third kappa shape index (κ3) is 3.20. The van der Waals surface area contributed by atoms with Crippen LogP contribution in [0.3, 0.4) is 0 Å². The summed E-state index contributed by atoms with van der Waals surface area (Å²) in [6, 6.07) is 8.75. The maximum absolute atomic E-state index is 12.5. The lowest BCUT2D eigenvalue weighted by Crippen LogP contribution is -2.53. The van der Waals surface area contributed by atoms with Gasteiger partial charge in [0.2, 0.25) is 5.72 Å². The molecular formula is C14H14F3NO2. The molecule has 0 saturated carbocycles. The molecule has 1 unspecified atom stereocenters. The molecule has 1 aromatic heterocycles. The maximum Gasteiger partial charge on any atom is 0.430 e. The van der Waals surface area contributed by atoms with E-state index in [4.69, 9.17) is 4.42 Å². The second-order valence-electron chi connectivity index (χ2n) is 4.64. The molecule has 3 nitrogen and oxygen atoms in total. The summed E-state index contributed by atoms with van der Waals surface area (Å²) < 4.78 is 42.5. The highest BCUT2D eigenvalue weighted by Crippen LogP contribution is 2.28. The summed E-state index contributed by atoms with van der Waals surface area (Å²) in [5.41, 5.74) is -0.606. The number of alkyl halides is 3. The average molecular weight is 285 g/mol. The van der Waals surface area contributed by atoms with Crippen molar-refractivity contribution in [2.45, 2.75) is 25.4 Å². The largest absolute Gasteiger partial charge is 0.472 e. The summed E-state index contributed by atoms with van der Waals surface area (Å²) >= 11 is 0. The van der Waals surface area contributed by atoms with Crippen LogP contribution in [0.1, 0.15) is 12.5 Å². The second kappa shape index (κ2) is 5.30. The van der Waals surface area contributed by atoms with Crippen molar-refractivity contribution in [3.63, 3.8) is 0 Å². The summed E-state index contributed by atoms with van der Waals surface area (Å²) in [7, 11) is 0. The van der Waals surface area contributed by atoms with Gasteiger partial charge in [0.15, 0.2) is 0 Å². The van der Waals surface area contributed by atoms with Gasteiger partial charge in [-0.1, -0.05) is 18.2 Å². The number of furan rings is 1. The molecule has 0 fully saturated rings. The Morgan fingerprint density at radius 2 is 1.95 bits per heavy atom. The predicted molar refractivity (Wildman–Crippen MR) is 67.7 cm³/mol. The number of rotatable bonds is 4. The van der Waals surface area contributed by atoms with Crippen LogP contribution in [0.4, 0.5) is 13.2 Å². The molecule has 0 radical (unpaired) electrons. The molecule has 6 heteroatoms. The highest BCUT2D eigenvalue weighted by atomic mass is 19.4. The number of aliphatic hydroxyl groups is 1. The summed E-state index contributed by atoms with van der Waals surface area (Å²) in [5.74, 6) is 0. The Bertz CT molecular complexity index is 562. The number of benzene rings is 1. The fourth-order valence-electron chi connectivity index (χ4n) is 1.66. The minimum Gasteiger partial charge on any atom is -0.472 e. The van der Waals surface area contributed by atoms with E-state index in [-0.39, 0.29) is 6.54 Å². The van der Waals surface area contributed by atoms with Crippen LogP contribution in [-0.4, -0.2) is 17.0 Å². The van der Waals surface area contributed by atoms with Gasteiger partial charge in [-0.2, -0.15) is 13.2 Å². The third-order valence-corrected chi connectivity index (χ3v) is 2.97. The molecule has 1 heterocycles. The molecule has 1 aromatic carbocycles. The van der Waals surface area contributed by atoms with E-state index < -0.39 is 11.9 Å². The molecule has 0 amide bonds. The first-order valence-electron chi connectivity index (χ1n) is 5.95. The van der Waals surface area contributed by atoms with Crippen LogP contribution >= 0.6 is 0 Å². The quantitative estimate of drug-likeness (QED) is 0.847. The number of hydrogen-bond donors (Lipinski definition) is 2. The topological polar surface area (TPSA) is 45.4 Å². The summed E-state index contributed by atoms with van der Waals surface area (Å²) in [5, 5.41) is 11.4. The molecule has 0 bridgehead atoms. The van der Waals surface area contributed by atoms with Gasteiger partial charge in [-0.25, -0.2) is 0 Å². The van der Waals surface area contributed by atoms with Crippen LogP contribution in [-0.2, 0) is 6.54 Å². The van der Waals surface area contributed by atoms with Gasteiger partial charge in [0.25, 0.3) is 0 Å². The summed E-state index contributed by atoms with van der Waals surface area (Å²) in [6.07, 6.45) is -1.65. The van der Waals surface area contributed by atoms with Crippen molar-refractivity contribution in [1.29, 1.82) is 0 Å². The second-order valence-corrected chi connectivity index (χ2v) is 4.64. The van der Waals surface area contributed by atoms with Crippen LogP contribution in [0.15, 0.2) is 47.3 Å². The monoisotopic (exact) mass is 285 g/mol. The Labute approximate surface area is 114 Å². The van der Waals surface area contributed by atoms with Crippen LogP contribution in [0.2, 0.25) is 0 Å². The predicted octanol–water partition coefficient (Wildman–Crippen LogP) is 3.31. The van der Waals surface area contributed by atoms with Crippen LogP contribution < -0.4 is 5.32 Å². The molecule has 0 aliphatic rings. The van der Waals surface area contributed by atoms with E-state index in [1.807, 2.05) is 6.07 Å². The molecule has 2 aromatic rings. The molecule has 0 aliphatic heterocycles. The number of halogens is 3. The van der Waals surface area contributed by atoms with Gasteiger partial charge in [-0.3, -0.25) is 5.32 Å². The maximum atomic E-state index is 12.5. The molecule has 0 aliphatic carbocycles. The fraction of sp³-hybridized carbons (Fsp3) is 0.286. The van der Waals surface area contributed by atoms with Gasteiger partial charge in [0.05, 0.1) is 12.5 Å². The van der Waals surface area contributed by atoms with E-state index in [0.29, 0.717) is 12.5 Å². The molecule has 0 saturated heterocycles. The Kier molecular flexibility index (Phi) is 3.87. The lowest BCUT2D eigenvalue weighted by Gasteiger charge is -2.27. The van der Waals surface area contributed by atoms with E-state index >= 15 is 0 Å². The zero-order valence-corrected chi connectivity index (χ0v) is 10.7. The Morgan fingerprint density at radius 3 is 2.55 bits per heavy atom. The third-order valence-electron chi connectivity index (χ3n) is 2.97. The van der Waals surface area contributed by atoms with E-state index in [2.05, 4.69) is 5.32 Å². The number of nitrogens with one attached hydrogen (secondary N) is 1. The van der Waals surface area contributed by atoms with Gasteiger partial charge in [0, 0.05) is 12.1 Å². The average Bonchev–Trinajstić information content (AvgIpc) is 2.89. The normalized spacial score (nSPS) is 15.1. The van der Waals surface area contributed by atoms with Crippen molar-refractivity contribution in [1.82, 2.24) is 5.32 Å². The Hall–Kier alpha value is -1.79. The first kappa shape index (κ1) is 14.6. The lowest BCUT2D eigenvalue weighted by atomic mass is 10.1. The molecular weight excluding hydrogens is 271 g/mol. The van der Waals surface area contributed by atoms with E-state index in [1.54, 1.807) is 30.5 Å². The molecule has 2 rings (SSSR count). The highest BCUT2D eigenvalue weighted by Gasteiger charge is 2.49. The van der Waals surface area contributed by atoms with E-state index in [1.165, 1.54) is 6.26 Å². The van der Waals surface area contributed by atoms with Gasteiger partial charge in [-0.05, 0) is 30.2 Å². The summed E-state index contributed by atoms with van der Waals surface area (Å²) in [6.45, 7) is 0.588. The van der Waals surface area contributed by atoms with Gasteiger partial charge in [-0.15, -0.1) is 0 Å². The van der Waals surface area contributed by atoms with Crippen molar-refractivity contribution in [3.8, 4) is 11.1 Å².